The van der Waals surface area contributed by atoms with E-state index in [9.17, 15) is 9.59 Å². The van der Waals surface area contributed by atoms with Crippen LogP contribution in [0.15, 0.2) is 59.3 Å². The molecule has 0 bridgehead atoms. The molecule has 3 nitrogen and oxygen atoms in total. The summed E-state index contributed by atoms with van der Waals surface area (Å²) in [6.45, 7) is 9.61. The Morgan fingerprint density at radius 1 is 1.15 bits per heavy atom. The van der Waals surface area contributed by atoms with Crippen molar-refractivity contribution in [3.8, 4) is 0 Å². The first kappa shape index (κ1) is 21.9. The fourth-order valence-electron chi connectivity index (χ4n) is 2.65. The van der Waals surface area contributed by atoms with Crippen LogP contribution in [0.2, 0.25) is 0 Å². The lowest BCUT2D eigenvalue weighted by Crippen LogP contribution is -2.24. The summed E-state index contributed by atoms with van der Waals surface area (Å²) in [5.74, 6) is -0.256. The van der Waals surface area contributed by atoms with E-state index >= 15 is 0 Å². The van der Waals surface area contributed by atoms with Crippen molar-refractivity contribution >= 4 is 11.8 Å². The Balaban J connectivity index is 2.58. The van der Waals surface area contributed by atoms with Gasteiger partial charge in [-0.2, -0.15) is 0 Å². The smallest absolute Gasteiger partial charge is 0.306 e. The second-order valence-electron chi connectivity index (χ2n) is 7.38. The molecule has 3 heteroatoms. The van der Waals surface area contributed by atoms with Crippen molar-refractivity contribution in [2.45, 2.75) is 72.3 Å². The second-order valence-corrected chi connectivity index (χ2v) is 7.38. The van der Waals surface area contributed by atoms with E-state index in [0.29, 0.717) is 6.42 Å². The van der Waals surface area contributed by atoms with Gasteiger partial charge in [-0.25, -0.2) is 0 Å². The third-order valence-electron chi connectivity index (χ3n) is 3.73. The van der Waals surface area contributed by atoms with Gasteiger partial charge in [0.2, 0.25) is 0 Å². The van der Waals surface area contributed by atoms with Crippen molar-refractivity contribution in [2.24, 2.45) is 0 Å². The van der Waals surface area contributed by atoms with Crippen LogP contribution in [-0.2, 0) is 14.3 Å². The minimum absolute atomic E-state index is 0.0630. The summed E-state index contributed by atoms with van der Waals surface area (Å²) in [7, 11) is 0. The zero-order valence-corrected chi connectivity index (χ0v) is 16.8. The van der Waals surface area contributed by atoms with Crippen LogP contribution in [0, 0.1) is 0 Å². The number of hydrogen-bond acceptors (Lipinski definition) is 3. The molecule has 1 rings (SSSR count). The lowest BCUT2D eigenvalue weighted by atomic mass is 10.0. The van der Waals surface area contributed by atoms with E-state index in [1.807, 2.05) is 39.8 Å². The highest BCUT2D eigenvalue weighted by Crippen LogP contribution is 2.21. The van der Waals surface area contributed by atoms with Gasteiger partial charge in [0.25, 0.3) is 0 Å². The average molecular weight is 357 g/mol. The number of carbonyl (C=O) groups excluding carboxylic acids is 2. The monoisotopic (exact) mass is 356 g/mol. The number of carbonyl (C=O) groups is 2. The molecular weight excluding hydrogens is 324 g/mol. The van der Waals surface area contributed by atoms with Gasteiger partial charge in [0.15, 0.2) is 0 Å². The molecule has 0 aromatic heterocycles. The number of ether oxygens (including phenoxy) is 1. The molecule has 0 radical (unpaired) electrons. The SMILES string of the molecule is C/C=C\C(=C/CC)C1=CCC=C(CC(=O)CCC(=O)OC(C)(C)C)C=C1. The summed E-state index contributed by atoms with van der Waals surface area (Å²) >= 11 is 0. The second kappa shape index (κ2) is 10.7. The van der Waals surface area contributed by atoms with Crippen LogP contribution in [0.25, 0.3) is 0 Å². The van der Waals surface area contributed by atoms with Crippen molar-refractivity contribution in [1.29, 1.82) is 0 Å². The van der Waals surface area contributed by atoms with E-state index in [1.165, 1.54) is 11.1 Å². The predicted molar refractivity (Wildman–Crippen MR) is 108 cm³/mol. The van der Waals surface area contributed by atoms with Crippen molar-refractivity contribution in [3.63, 3.8) is 0 Å². The Bertz CT molecular complexity index is 649. The third kappa shape index (κ3) is 8.80. The predicted octanol–water partition coefficient (Wildman–Crippen LogP) is 5.79. The Labute approximate surface area is 158 Å². The van der Waals surface area contributed by atoms with E-state index in [4.69, 9.17) is 4.74 Å². The lowest BCUT2D eigenvalue weighted by Gasteiger charge is -2.19. The normalized spacial score (nSPS) is 15.5. The van der Waals surface area contributed by atoms with E-state index in [2.05, 4.69) is 37.3 Å². The molecular formula is C23H32O3. The average Bonchev–Trinajstić information content (AvgIpc) is 2.77. The molecule has 0 fully saturated rings. The molecule has 142 valence electrons. The van der Waals surface area contributed by atoms with Gasteiger partial charge in [-0.15, -0.1) is 0 Å². The largest absolute Gasteiger partial charge is 0.460 e. The molecule has 1 aliphatic carbocycles. The van der Waals surface area contributed by atoms with Crippen LogP contribution >= 0.6 is 0 Å². The molecule has 0 unspecified atom stereocenters. The number of esters is 1. The molecule has 0 aliphatic heterocycles. The van der Waals surface area contributed by atoms with Crippen molar-refractivity contribution in [2.75, 3.05) is 0 Å². The molecule has 0 atom stereocenters. The molecule has 0 N–H and O–H groups in total. The van der Waals surface area contributed by atoms with Gasteiger partial charge in [0, 0.05) is 12.8 Å². The van der Waals surface area contributed by atoms with Crippen LogP contribution < -0.4 is 0 Å². The Hall–Kier alpha value is -2.16. The first-order chi connectivity index (χ1) is 12.2. The molecule has 0 aromatic carbocycles. The van der Waals surface area contributed by atoms with Crippen LogP contribution in [0.4, 0.5) is 0 Å². The Morgan fingerprint density at radius 2 is 1.88 bits per heavy atom. The summed E-state index contributed by atoms with van der Waals surface area (Å²) in [6, 6.07) is 0. The molecule has 0 aromatic rings. The third-order valence-corrected chi connectivity index (χ3v) is 3.73. The topological polar surface area (TPSA) is 43.4 Å². The maximum Gasteiger partial charge on any atom is 0.306 e. The van der Waals surface area contributed by atoms with Gasteiger partial charge in [-0.05, 0) is 57.3 Å². The molecule has 0 saturated carbocycles. The number of ketones is 1. The van der Waals surface area contributed by atoms with Gasteiger partial charge in [-0.1, -0.05) is 49.5 Å². The van der Waals surface area contributed by atoms with Crippen molar-refractivity contribution in [3.05, 3.63) is 59.3 Å². The van der Waals surface area contributed by atoms with Crippen LogP contribution in [-0.4, -0.2) is 17.4 Å². The van der Waals surface area contributed by atoms with Gasteiger partial charge in [0.1, 0.15) is 11.4 Å². The van der Waals surface area contributed by atoms with E-state index in [1.54, 1.807) is 0 Å². The van der Waals surface area contributed by atoms with E-state index in [-0.39, 0.29) is 24.6 Å². The number of hydrogen-bond donors (Lipinski definition) is 0. The van der Waals surface area contributed by atoms with Gasteiger partial charge in [-0.3, -0.25) is 9.59 Å². The van der Waals surface area contributed by atoms with Crippen LogP contribution in [0.3, 0.4) is 0 Å². The van der Waals surface area contributed by atoms with Crippen LogP contribution in [0.5, 0.6) is 0 Å². The molecule has 0 saturated heterocycles. The number of rotatable bonds is 8. The Kier molecular flexibility index (Phi) is 9.04. The molecule has 0 heterocycles. The first-order valence-corrected chi connectivity index (χ1v) is 9.39. The van der Waals surface area contributed by atoms with Gasteiger partial charge < -0.3 is 4.74 Å². The fourth-order valence-corrected chi connectivity index (χ4v) is 2.65. The van der Waals surface area contributed by atoms with E-state index < -0.39 is 5.60 Å². The number of allylic oxidation sites excluding steroid dienone is 10. The molecule has 0 spiro atoms. The fraction of sp³-hybridized carbons (Fsp3) is 0.478. The Morgan fingerprint density at radius 3 is 2.50 bits per heavy atom. The number of Topliss-reactive ketones (excluding diaryl/α,β-unsaturated/α-hetero) is 1. The lowest BCUT2D eigenvalue weighted by molar-refractivity contribution is -0.155. The quantitative estimate of drug-likeness (QED) is 0.408. The summed E-state index contributed by atoms with van der Waals surface area (Å²) in [5.41, 5.74) is 2.88. The summed E-state index contributed by atoms with van der Waals surface area (Å²) in [4.78, 5) is 23.9. The van der Waals surface area contributed by atoms with E-state index in [0.717, 1.165) is 18.4 Å². The van der Waals surface area contributed by atoms with Gasteiger partial charge >= 0.3 is 5.97 Å². The standard InChI is InChI=1S/C23H32O3/c1-6-9-19(10-7-2)20-12-8-11-18(13-14-20)17-21(24)15-16-22(25)26-23(3,4)5/h6,9-14H,7-8,15-17H2,1-5H3/b9-6-,19-10+. The minimum Gasteiger partial charge on any atom is -0.460 e. The molecule has 1 aliphatic rings. The maximum atomic E-state index is 12.2. The highest BCUT2D eigenvalue weighted by Gasteiger charge is 2.17. The zero-order chi connectivity index (χ0) is 19.6. The first-order valence-electron chi connectivity index (χ1n) is 9.39. The molecule has 26 heavy (non-hydrogen) atoms. The highest BCUT2D eigenvalue weighted by atomic mass is 16.6. The van der Waals surface area contributed by atoms with Crippen LogP contribution in [0.1, 0.15) is 66.7 Å². The zero-order valence-electron chi connectivity index (χ0n) is 16.8. The highest BCUT2D eigenvalue weighted by molar-refractivity contribution is 5.85. The summed E-state index contributed by atoms with van der Waals surface area (Å²) < 4.78 is 5.24. The summed E-state index contributed by atoms with van der Waals surface area (Å²) in [6.07, 6.45) is 17.2. The summed E-state index contributed by atoms with van der Waals surface area (Å²) in [5, 5.41) is 0. The van der Waals surface area contributed by atoms with Crippen molar-refractivity contribution < 1.29 is 14.3 Å². The maximum absolute atomic E-state index is 12.2. The van der Waals surface area contributed by atoms with Gasteiger partial charge in [0.05, 0.1) is 6.42 Å². The van der Waals surface area contributed by atoms with Crippen molar-refractivity contribution in [1.82, 2.24) is 0 Å². The molecule has 0 amide bonds. The minimum atomic E-state index is -0.509.